The van der Waals surface area contributed by atoms with E-state index in [1.54, 1.807) is 6.07 Å². The van der Waals surface area contributed by atoms with Gasteiger partial charge in [-0.15, -0.1) is 0 Å². The molecule has 1 fully saturated rings. The summed E-state index contributed by atoms with van der Waals surface area (Å²) in [6, 6.07) is 5.08. The summed E-state index contributed by atoms with van der Waals surface area (Å²) < 4.78 is 13.2. The second-order valence-corrected chi connectivity index (χ2v) is 8.14. The molecule has 2 N–H and O–H groups in total. The van der Waals surface area contributed by atoms with E-state index >= 15 is 0 Å². The number of hydrogen-bond donors (Lipinski definition) is 2. The Hall–Kier alpha value is -3.02. The summed E-state index contributed by atoms with van der Waals surface area (Å²) in [6.07, 6.45) is 8.56. The number of pyridine rings is 2. The van der Waals surface area contributed by atoms with Gasteiger partial charge in [0, 0.05) is 41.2 Å². The number of H-pyrrole nitrogens is 1. The van der Waals surface area contributed by atoms with E-state index in [1.165, 1.54) is 24.2 Å². The zero-order valence-electron chi connectivity index (χ0n) is 15.3. The molecule has 6 rings (SSSR count). The fourth-order valence-electron chi connectivity index (χ4n) is 4.98. The van der Waals surface area contributed by atoms with Crippen LogP contribution in [0.1, 0.15) is 46.4 Å². The van der Waals surface area contributed by atoms with Crippen molar-refractivity contribution in [3.05, 3.63) is 58.9 Å². The van der Waals surface area contributed by atoms with E-state index < -0.39 is 5.95 Å². The van der Waals surface area contributed by atoms with Crippen LogP contribution in [0.3, 0.4) is 0 Å². The van der Waals surface area contributed by atoms with Crippen LogP contribution in [-0.4, -0.2) is 27.4 Å². The van der Waals surface area contributed by atoms with Gasteiger partial charge >= 0.3 is 0 Å². The zero-order chi connectivity index (χ0) is 18.9. The first kappa shape index (κ1) is 16.0. The molecule has 2 aliphatic carbocycles. The summed E-state index contributed by atoms with van der Waals surface area (Å²) >= 11 is 0. The van der Waals surface area contributed by atoms with Crippen LogP contribution in [0, 0.1) is 5.95 Å². The number of nitrogens with one attached hydrogen (secondary N) is 2. The minimum absolute atomic E-state index is 0.0467. The van der Waals surface area contributed by atoms with E-state index in [4.69, 9.17) is 0 Å². The highest BCUT2D eigenvalue weighted by molar-refractivity contribution is 6.01. The molecule has 0 saturated heterocycles. The third-order valence-electron chi connectivity index (χ3n) is 6.68. The fourth-order valence-corrected chi connectivity index (χ4v) is 4.98. The maximum absolute atomic E-state index is 13.2. The Bertz CT molecular complexity index is 1130. The molecule has 1 aliphatic heterocycles. The predicted octanol–water partition coefficient (Wildman–Crippen LogP) is 3.54. The van der Waals surface area contributed by atoms with E-state index in [9.17, 15) is 9.18 Å². The highest BCUT2D eigenvalue weighted by atomic mass is 19.1. The van der Waals surface area contributed by atoms with Gasteiger partial charge in [-0.2, -0.15) is 4.39 Å². The molecule has 0 unspecified atom stereocenters. The number of fused-ring (bicyclic) bond motifs is 6. The maximum Gasteiger partial charge on any atom is 0.253 e. The van der Waals surface area contributed by atoms with Gasteiger partial charge in [-0.05, 0) is 55.0 Å². The van der Waals surface area contributed by atoms with Crippen molar-refractivity contribution >= 4 is 5.91 Å². The van der Waals surface area contributed by atoms with Crippen molar-refractivity contribution in [3.8, 4) is 22.5 Å². The Balaban J connectivity index is 1.53. The molecule has 3 aromatic heterocycles. The van der Waals surface area contributed by atoms with Gasteiger partial charge in [-0.1, -0.05) is 6.42 Å². The van der Waals surface area contributed by atoms with Crippen molar-refractivity contribution in [1.29, 1.82) is 0 Å². The standard InChI is InChI=1S/C22H19FN4O/c23-17-5-3-13(10-25-17)16-8-15-12(9-24-16)2-4-14-18-20(27-19(14)15)22(6-1-7-22)11-26-21(18)28/h3,5,8-10,27H,1-2,4,6-7,11H2,(H,26,28). The molecule has 0 bridgehead atoms. The maximum atomic E-state index is 13.2. The topological polar surface area (TPSA) is 70.7 Å². The van der Waals surface area contributed by atoms with E-state index in [-0.39, 0.29) is 11.3 Å². The molecule has 4 heterocycles. The van der Waals surface area contributed by atoms with E-state index in [0.717, 1.165) is 71.6 Å². The number of hydrogen-bond acceptors (Lipinski definition) is 3. The van der Waals surface area contributed by atoms with E-state index in [0.29, 0.717) is 0 Å². The van der Waals surface area contributed by atoms with Gasteiger partial charge in [0.1, 0.15) is 0 Å². The molecule has 6 heteroatoms. The van der Waals surface area contributed by atoms with Crippen molar-refractivity contribution < 1.29 is 9.18 Å². The van der Waals surface area contributed by atoms with Gasteiger partial charge in [0.2, 0.25) is 5.95 Å². The molecule has 0 radical (unpaired) electrons. The van der Waals surface area contributed by atoms with Crippen LogP contribution in [0.4, 0.5) is 4.39 Å². The summed E-state index contributed by atoms with van der Waals surface area (Å²) in [6.45, 7) is 0.730. The van der Waals surface area contributed by atoms with Crippen LogP contribution in [0.2, 0.25) is 0 Å². The molecule has 3 aromatic rings. The smallest absolute Gasteiger partial charge is 0.253 e. The van der Waals surface area contributed by atoms with Gasteiger partial charge < -0.3 is 10.3 Å². The number of carbonyl (C=O) groups is 1. The van der Waals surface area contributed by atoms with Crippen molar-refractivity contribution in [3.63, 3.8) is 0 Å². The highest BCUT2D eigenvalue weighted by Gasteiger charge is 2.47. The quantitative estimate of drug-likeness (QED) is 0.640. The minimum Gasteiger partial charge on any atom is -0.357 e. The van der Waals surface area contributed by atoms with Crippen LogP contribution in [-0.2, 0) is 18.3 Å². The SMILES string of the molecule is O=C1NCC2(CCC2)c2[nH]c3c(c21)CCc1cnc(-c2ccc(F)nc2)cc1-3. The molecule has 1 spiro atoms. The fraction of sp³-hybridized carbons (Fsp3) is 0.318. The van der Waals surface area contributed by atoms with Crippen LogP contribution in [0.15, 0.2) is 30.6 Å². The summed E-state index contributed by atoms with van der Waals surface area (Å²) in [7, 11) is 0. The minimum atomic E-state index is -0.502. The lowest BCUT2D eigenvalue weighted by molar-refractivity contribution is 0.0892. The van der Waals surface area contributed by atoms with Gasteiger partial charge in [-0.3, -0.25) is 9.78 Å². The Morgan fingerprint density at radius 3 is 2.75 bits per heavy atom. The molecule has 3 aliphatic rings. The number of amides is 1. The Labute approximate surface area is 161 Å². The number of aromatic nitrogens is 3. The number of aromatic amines is 1. The molecule has 0 aromatic carbocycles. The molecule has 28 heavy (non-hydrogen) atoms. The van der Waals surface area contributed by atoms with Crippen LogP contribution in [0.25, 0.3) is 22.5 Å². The normalized spacial score (nSPS) is 18.7. The molecular weight excluding hydrogens is 355 g/mol. The number of aryl methyl sites for hydroxylation is 1. The Morgan fingerprint density at radius 2 is 2.00 bits per heavy atom. The number of carbonyl (C=O) groups excluding carboxylic acids is 1. The molecule has 1 saturated carbocycles. The summed E-state index contributed by atoms with van der Waals surface area (Å²) in [4.78, 5) is 24.7. The number of nitrogens with zero attached hydrogens (tertiary/aromatic N) is 2. The van der Waals surface area contributed by atoms with E-state index in [2.05, 4.69) is 20.3 Å². The third-order valence-corrected chi connectivity index (χ3v) is 6.68. The monoisotopic (exact) mass is 374 g/mol. The lowest BCUT2D eigenvalue weighted by Gasteiger charge is -2.44. The van der Waals surface area contributed by atoms with Crippen LogP contribution < -0.4 is 5.32 Å². The summed E-state index contributed by atoms with van der Waals surface area (Å²) in [5.41, 5.74) is 8.05. The average molecular weight is 374 g/mol. The second-order valence-electron chi connectivity index (χ2n) is 8.14. The molecule has 0 atom stereocenters. The van der Waals surface area contributed by atoms with Crippen molar-refractivity contribution in [2.24, 2.45) is 0 Å². The lowest BCUT2D eigenvalue weighted by Crippen LogP contribution is -2.51. The third kappa shape index (κ3) is 2.08. The van der Waals surface area contributed by atoms with Crippen molar-refractivity contribution in [2.45, 2.75) is 37.5 Å². The van der Waals surface area contributed by atoms with Gasteiger partial charge in [0.15, 0.2) is 0 Å². The molecular formula is C22H19FN4O. The van der Waals surface area contributed by atoms with Gasteiger partial charge in [0.25, 0.3) is 5.91 Å². The number of halogens is 1. The van der Waals surface area contributed by atoms with Crippen LogP contribution >= 0.6 is 0 Å². The predicted molar refractivity (Wildman–Crippen MR) is 102 cm³/mol. The van der Waals surface area contributed by atoms with Crippen LogP contribution in [0.5, 0.6) is 0 Å². The average Bonchev–Trinajstić information content (AvgIpc) is 3.08. The summed E-state index contributed by atoms with van der Waals surface area (Å²) in [5, 5.41) is 3.12. The number of rotatable bonds is 1. The second kappa shape index (κ2) is 5.50. The lowest BCUT2D eigenvalue weighted by atomic mass is 9.64. The van der Waals surface area contributed by atoms with Crippen molar-refractivity contribution in [2.75, 3.05) is 6.54 Å². The molecule has 140 valence electrons. The van der Waals surface area contributed by atoms with Gasteiger partial charge in [-0.25, -0.2) is 4.98 Å². The Morgan fingerprint density at radius 1 is 1.11 bits per heavy atom. The first-order chi connectivity index (χ1) is 13.6. The Kier molecular flexibility index (Phi) is 3.14. The first-order valence-electron chi connectivity index (χ1n) is 9.79. The van der Waals surface area contributed by atoms with Crippen molar-refractivity contribution in [1.82, 2.24) is 20.3 Å². The highest BCUT2D eigenvalue weighted by Crippen LogP contribution is 2.49. The van der Waals surface area contributed by atoms with Gasteiger partial charge in [0.05, 0.1) is 17.0 Å². The summed E-state index contributed by atoms with van der Waals surface area (Å²) in [5.74, 6) is -0.455. The largest absolute Gasteiger partial charge is 0.357 e. The molecule has 1 amide bonds. The zero-order valence-corrected chi connectivity index (χ0v) is 15.3. The van der Waals surface area contributed by atoms with E-state index in [1.807, 2.05) is 12.3 Å². The molecule has 5 nitrogen and oxygen atoms in total. The first-order valence-corrected chi connectivity index (χ1v) is 9.79.